The van der Waals surface area contributed by atoms with Crippen LogP contribution in [0.1, 0.15) is 128 Å². The maximum Gasteiger partial charge on any atom is 0.407 e. The molecule has 4 aliphatic heterocycles. The van der Waals surface area contributed by atoms with Crippen molar-refractivity contribution in [3.05, 3.63) is 145 Å². The molecule has 0 spiro atoms. The third kappa shape index (κ3) is 26.1. The molecule has 40 heteroatoms. The van der Waals surface area contributed by atoms with Gasteiger partial charge in [-0.25, -0.2) is 28.4 Å². The van der Waals surface area contributed by atoms with Gasteiger partial charge >= 0.3 is 18.0 Å². The SMILES string of the molecule is CCC1(O)C(=O)OCc2c1cc1n(c2=O)Cc2c-1nc1cc(F)c(C)c3c1c2C(NC(=O)OCc1ccc(OC2OC(C(=O)O)C(O)C(O)C2O)c(CNC(=O)C(CNC(=O)CCOCCOCCOCCOCCOCCOCCOCCOCCOCCOCCOCCOC)NC(=O)CCCCC(=O)N2Cc4ccccc4-c4nnn(C(C)C)c4-c4ccccc42)c1)CC3. The molecule has 8 unspecified atom stereocenters. The first-order valence-corrected chi connectivity index (χ1v) is 44.6. The van der Waals surface area contributed by atoms with Crippen molar-refractivity contribution in [2.24, 2.45) is 0 Å². The molecular formula is C92H119FN10O29. The third-order valence-electron chi connectivity index (χ3n) is 23.0. The van der Waals surface area contributed by atoms with Crippen LogP contribution < -0.4 is 36.5 Å². The second-order valence-corrected chi connectivity index (χ2v) is 32.2. The van der Waals surface area contributed by atoms with E-state index in [1.54, 1.807) is 25.9 Å². The second kappa shape index (κ2) is 50.0. The molecule has 8 atom stereocenters. The van der Waals surface area contributed by atoms with Crippen LogP contribution in [-0.4, -0.2) is 294 Å². The van der Waals surface area contributed by atoms with E-state index in [0.717, 1.165) is 22.4 Å². The molecule has 1 fully saturated rings. The van der Waals surface area contributed by atoms with Gasteiger partial charge in [0.1, 0.15) is 54.8 Å². The smallest absolute Gasteiger partial charge is 0.407 e. The zero-order valence-corrected chi connectivity index (χ0v) is 74.9. The number of aryl methyl sites for hydroxylation is 1. The number of para-hydroxylation sites is 1. The van der Waals surface area contributed by atoms with Gasteiger partial charge in [0.05, 0.1) is 205 Å². The summed E-state index contributed by atoms with van der Waals surface area (Å²) in [5, 5.41) is 74.9. The van der Waals surface area contributed by atoms with Gasteiger partial charge in [0.15, 0.2) is 11.7 Å². The topological polar surface area (TPSA) is 485 Å². The number of rotatable bonds is 55. The molecule has 1 aliphatic carbocycles. The highest BCUT2D eigenvalue weighted by Crippen LogP contribution is 2.47. The van der Waals surface area contributed by atoms with Crippen LogP contribution in [0.5, 0.6) is 5.75 Å². The van der Waals surface area contributed by atoms with Gasteiger partial charge in [0.2, 0.25) is 29.9 Å². The molecule has 7 heterocycles. The highest BCUT2D eigenvalue weighted by atomic mass is 19.1. The van der Waals surface area contributed by atoms with E-state index in [9.17, 15) is 63.9 Å². The Labute approximate surface area is 761 Å². The number of pyridine rings is 2. The van der Waals surface area contributed by atoms with Crippen molar-refractivity contribution >= 4 is 58.3 Å². The van der Waals surface area contributed by atoms with Crippen LogP contribution in [-0.2, 0) is 145 Å². The Morgan fingerprint density at radius 1 is 0.652 bits per heavy atom. The van der Waals surface area contributed by atoms with Gasteiger partial charge in [-0.2, -0.15) is 0 Å². The number of ether oxygens (including phenoxy) is 16. The summed E-state index contributed by atoms with van der Waals surface area (Å²) in [5.74, 6) is -5.54. The second-order valence-electron chi connectivity index (χ2n) is 32.2. The van der Waals surface area contributed by atoms with E-state index >= 15 is 4.39 Å². The zero-order valence-electron chi connectivity index (χ0n) is 74.9. The molecule has 132 heavy (non-hydrogen) atoms. The highest BCUT2D eigenvalue weighted by molar-refractivity contribution is 6.00. The van der Waals surface area contributed by atoms with E-state index in [2.05, 4.69) is 31.6 Å². The predicted molar refractivity (Wildman–Crippen MR) is 468 cm³/mol. The van der Waals surface area contributed by atoms with Crippen molar-refractivity contribution in [1.82, 2.24) is 45.8 Å². The number of hydrogen-bond donors (Lipinski definition) is 9. The molecule has 0 radical (unpaired) electrons. The normalized spacial score (nSPS) is 18.4. The van der Waals surface area contributed by atoms with Crippen molar-refractivity contribution in [3.63, 3.8) is 0 Å². The maximum atomic E-state index is 15.8. The summed E-state index contributed by atoms with van der Waals surface area (Å²) in [4.78, 5) is 118. The summed E-state index contributed by atoms with van der Waals surface area (Å²) in [5.41, 5.74) is 5.26. The number of unbranched alkanes of at least 4 members (excludes halogenated alkanes) is 1. The summed E-state index contributed by atoms with van der Waals surface area (Å²) in [6, 6.07) is 19.9. The fourth-order valence-electron chi connectivity index (χ4n) is 16.0. The average molecular weight is 1850 g/mol. The minimum absolute atomic E-state index is 0.0287. The van der Waals surface area contributed by atoms with Gasteiger partial charge < -0.3 is 132 Å². The van der Waals surface area contributed by atoms with Crippen LogP contribution >= 0.6 is 0 Å². The summed E-state index contributed by atoms with van der Waals surface area (Å²) in [6.07, 6.45) is -10.6. The number of cyclic esters (lactones) is 1. The number of carbonyl (C=O) groups excluding carboxylic acids is 6. The molecule has 3 aromatic heterocycles. The molecule has 12 rings (SSSR count). The highest BCUT2D eigenvalue weighted by Gasteiger charge is 2.49. The minimum Gasteiger partial charge on any atom is -0.479 e. The summed E-state index contributed by atoms with van der Waals surface area (Å²) >= 11 is 0. The number of benzene rings is 4. The molecule has 718 valence electrons. The Morgan fingerprint density at radius 2 is 1.24 bits per heavy atom. The van der Waals surface area contributed by atoms with Crippen LogP contribution in [0.3, 0.4) is 0 Å². The molecule has 1 saturated heterocycles. The van der Waals surface area contributed by atoms with Crippen LogP contribution in [0.4, 0.5) is 14.9 Å². The van der Waals surface area contributed by atoms with Crippen LogP contribution in [0.2, 0.25) is 0 Å². The summed E-state index contributed by atoms with van der Waals surface area (Å²) in [7, 11) is 1.62. The first kappa shape index (κ1) is 101. The Hall–Kier alpha value is -10.5. The molecule has 39 nitrogen and oxygen atoms in total. The van der Waals surface area contributed by atoms with E-state index in [0.29, 0.717) is 164 Å². The molecule has 0 saturated carbocycles. The van der Waals surface area contributed by atoms with E-state index in [-0.39, 0.29) is 155 Å². The van der Waals surface area contributed by atoms with Gasteiger partial charge in [0.25, 0.3) is 5.56 Å². The van der Waals surface area contributed by atoms with Gasteiger partial charge in [0, 0.05) is 84.8 Å². The lowest BCUT2D eigenvalue weighted by atomic mass is 9.81. The quantitative estimate of drug-likeness (QED) is 0.0183. The minimum atomic E-state index is -2.13. The van der Waals surface area contributed by atoms with Crippen molar-refractivity contribution in [3.8, 4) is 39.7 Å². The Bertz CT molecular complexity index is 5130. The van der Waals surface area contributed by atoms with Crippen molar-refractivity contribution in [1.29, 1.82) is 0 Å². The number of esters is 1. The Balaban J connectivity index is 0.634. The number of methoxy groups -OCH3 is 1. The van der Waals surface area contributed by atoms with Gasteiger partial charge in [-0.05, 0) is 105 Å². The number of carboxylic acids is 1. The van der Waals surface area contributed by atoms with Crippen LogP contribution in [0, 0.1) is 12.7 Å². The van der Waals surface area contributed by atoms with E-state index in [1.165, 1.54) is 34.9 Å². The zero-order chi connectivity index (χ0) is 93.6. The third-order valence-corrected chi connectivity index (χ3v) is 23.0. The van der Waals surface area contributed by atoms with Crippen molar-refractivity contribution in [2.45, 2.75) is 166 Å². The Morgan fingerprint density at radius 3 is 1.85 bits per heavy atom. The van der Waals surface area contributed by atoms with E-state index in [1.807, 2.05) is 67.1 Å². The van der Waals surface area contributed by atoms with Gasteiger partial charge in [-0.1, -0.05) is 60.7 Å². The fraction of sp³-hybridized carbons (Fsp3) is 0.554. The molecule has 5 aliphatic rings. The fourth-order valence-corrected chi connectivity index (χ4v) is 16.0. The number of aliphatic hydroxyl groups is 4. The van der Waals surface area contributed by atoms with E-state index in [4.69, 9.17) is 80.8 Å². The summed E-state index contributed by atoms with van der Waals surface area (Å²) in [6.45, 7) is 14.3. The monoisotopic (exact) mass is 1850 g/mol. The van der Waals surface area contributed by atoms with Crippen LogP contribution in [0.25, 0.3) is 44.8 Å². The number of aromatic nitrogens is 5. The number of carboxylic acid groups (broad SMARTS) is 1. The van der Waals surface area contributed by atoms with Crippen LogP contribution in [0.15, 0.2) is 83.7 Å². The maximum absolute atomic E-state index is 15.8. The number of alkyl carbamates (subject to hydrolysis) is 1. The first-order valence-electron chi connectivity index (χ1n) is 44.6. The number of nitrogens with one attached hydrogen (secondary N) is 4. The predicted octanol–water partition coefficient (Wildman–Crippen LogP) is 4.76. The van der Waals surface area contributed by atoms with Crippen molar-refractivity contribution < 1.29 is 139 Å². The standard InChI is InChI=1S/C92H119FN10O29/c1-6-92(116)66-48-72-79-64(53-102(72)87(111)65(66)55-129-90(92)114)78-68(21-20-61-57(4)67(93)49-69(97-79)77(61)78)98-91(115)130-54-58-19-22-73(131-89-84(109)82(107)83(108)85(132-89)88(112)113)60(47-58)50-95-86(110)70(96-75(105)17-11-12-18-76(106)101-52-59-13-7-8-14-62(59)80-81(103(56(2)3)100-99-80)63-15-9-10-16-71(63)101)51-94-74(104)23-24-118-27-28-120-31-32-122-35-36-124-39-40-126-43-44-128-46-45-127-42-41-125-38-37-123-34-33-121-30-29-119-26-25-117-5/h7-10,13-16,19,22,47-49,56,68,70,82-85,89,107-109,116H,6,11-12,17-18,20-21,23-46,50-55H2,1-5H3,(H,94,104)(H,95,110)(H,96,105)(H,98,115)(H,112,113). The lowest BCUT2D eigenvalue weighted by Crippen LogP contribution is -2.61. The largest absolute Gasteiger partial charge is 0.479 e. The Kier molecular flexibility index (Phi) is 38.1. The van der Waals surface area contributed by atoms with Gasteiger partial charge in [-0.15, -0.1) is 5.10 Å². The molecule has 5 amide bonds. The lowest BCUT2D eigenvalue weighted by Gasteiger charge is -2.38. The number of nitrogens with zero attached hydrogens (tertiary/aromatic N) is 6. The average Bonchev–Trinajstić information content (AvgIpc) is 1.53. The molecular weight excluding hydrogens is 1730 g/mol. The molecule has 0 bridgehead atoms. The molecule has 9 N–H and O–H groups in total. The number of halogens is 1. The van der Waals surface area contributed by atoms with E-state index < -0.39 is 115 Å². The molecule has 7 aromatic rings. The first-order chi connectivity index (χ1) is 64.0. The summed E-state index contributed by atoms with van der Waals surface area (Å²) < 4.78 is 108. The number of anilines is 1. The number of fused-ring (bicyclic) bond motifs is 10. The van der Waals surface area contributed by atoms with Crippen molar-refractivity contribution in [2.75, 3.05) is 171 Å². The number of amides is 5. The number of aliphatic carboxylic acids is 1. The lowest BCUT2D eigenvalue weighted by molar-refractivity contribution is -0.271. The number of carbonyl (C=O) groups is 7. The number of hydrogen-bond acceptors (Lipinski definition) is 31. The molecule has 4 aromatic carbocycles. The van der Waals surface area contributed by atoms with Gasteiger partial charge in [-0.3, -0.25) is 24.0 Å². The number of aliphatic hydroxyl groups excluding tert-OH is 3.